The monoisotopic (exact) mass is 493 g/mol. The second-order valence-electron chi connectivity index (χ2n) is 7.29. The van der Waals surface area contributed by atoms with Gasteiger partial charge < -0.3 is 25.3 Å². The van der Waals surface area contributed by atoms with Gasteiger partial charge in [0, 0.05) is 18.0 Å². The van der Waals surface area contributed by atoms with Crippen LogP contribution in [0.25, 0.3) is 0 Å². The third kappa shape index (κ3) is 6.16. The van der Waals surface area contributed by atoms with Crippen molar-refractivity contribution < 1.29 is 41.4 Å². The molecule has 3 N–H and O–H groups in total. The van der Waals surface area contributed by atoms with E-state index < -0.39 is 35.3 Å². The molecule has 0 atom stereocenters. The van der Waals surface area contributed by atoms with Gasteiger partial charge in [-0.15, -0.1) is 13.2 Å². The maximum Gasteiger partial charge on any atom is 0.573 e. The molecule has 0 saturated heterocycles. The number of alkyl halides is 3. The number of nitrogens with one attached hydrogen (secondary N) is 1. The fourth-order valence-corrected chi connectivity index (χ4v) is 3.04. The zero-order valence-corrected chi connectivity index (χ0v) is 18.6. The van der Waals surface area contributed by atoms with E-state index in [1.54, 1.807) is 13.8 Å². The summed E-state index contributed by atoms with van der Waals surface area (Å²) in [5.74, 6) is -3.71. The maximum absolute atomic E-state index is 14.9. The van der Waals surface area contributed by atoms with Crippen LogP contribution < -0.4 is 25.3 Å². The van der Waals surface area contributed by atoms with Gasteiger partial charge in [-0.2, -0.15) is 0 Å². The van der Waals surface area contributed by atoms with Crippen LogP contribution in [0.15, 0.2) is 42.6 Å². The smallest absolute Gasteiger partial charge is 0.493 e. The Labute approximate surface area is 196 Å². The van der Waals surface area contributed by atoms with Crippen LogP contribution in [0.5, 0.6) is 23.0 Å². The van der Waals surface area contributed by atoms with Gasteiger partial charge in [0.25, 0.3) is 11.8 Å². The first-order valence-corrected chi connectivity index (χ1v) is 9.87. The number of methoxy groups -OCH3 is 1. The highest BCUT2D eigenvalue weighted by molar-refractivity contribution is 6.07. The fraction of sp³-hybridized carbons (Fsp3) is 0.174. The lowest BCUT2D eigenvalue weighted by atomic mass is 10.1. The molecule has 12 heteroatoms. The number of carbonyl (C=O) groups is 2. The minimum Gasteiger partial charge on any atom is -0.493 e. The first-order chi connectivity index (χ1) is 16.4. The third-order valence-electron chi connectivity index (χ3n) is 4.62. The molecule has 0 aliphatic rings. The summed E-state index contributed by atoms with van der Waals surface area (Å²) < 4.78 is 67.1. The van der Waals surface area contributed by atoms with E-state index >= 15 is 0 Å². The molecule has 2 aromatic carbocycles. The molecule has 3 aromatic rings. The molecule has 2 amide bonds. The Morgan fingerprint density at radius 1 is 1.03 bits per heavy atom. The molecule has 0 unspecified atom stereocenters. The summed E-state index contributed by atoms with van der Waals surface area (Å²) in [6, 6.07) is 6.74. The molecule has 0 aliphatic heterocycles. The summed E-state index contributed by atoms with van der Waals surface area (Å²) in [6.07, 6.45) is -3.61. The van der Waals surface area contributed by atoms with E-state index in [2.05, 4.69) is 15.0 Å². The van der Waals surface area contributed by atoms with Crippen molar-refractivity contribution in [3.63, 3.8) is 0 Å². The van der Waals surface area contributed by atoms with Gasteiger partial charge in [0.1, 0.15) is 28.6 Å². The van der Waals surface area contributed by atoms with Gasteiger partial charge in [0.05, 0.1) is 7.11 Å². The van der Waals surface area contributed by atoms with Crippen LogP contribution in [0.4, 0.5) is 23.2 Å². The number of halogens is 4. The number of nitrogens with two attached hydrogens (primary N) is 1. The predicted octanol–water partition coefficient (Wildman–Crippen LogP) is 4.89. The summed E-state index contributed by atoms with van der Waals surface area (Å²) >= 11 is 0. The van der Waals surface area contributed by atoms with Gasteiger partial charge in [-0.25, -0.2) is 4.39 Å². The fourth-order valence-electron chi connectivity index (χ4n) is 3.04. The number of carbonyl (C=O) groups excluding carboxylic acids is 2. The van der Waals surface area contributed by atoms with E-state index in [0.29, 0.717) is 11.1 Å². The van der Waals surface area contributed by atoms with Gasteiger partial charge in [-0.05, 0) is 55.3 Å². The van der Waals surface area contributed by atoms with Crippen molar-refractivity contribution in [1.29, 1.82) is 0 Å². The number of benzene rings is 2. The molecule has 0 bridgehead atoms. The van der Waals surface area contributed by atoms with Crippen molar-refractivity contribution in [2.45, 2.75) is 20.2 Å². The summed E-state index contributed by atoms with van der Waals surface area (Å²) in [5, 5.41) is 2.49. The van der Waals surface area contributed by atoms with Crippen molar-refractivity contribution in [1.82, 2.24) is 4.98 Å². The highest BCUT2D eigenvalue weighted by Crippen LogP contribution is 2.38. The van der Waals surface area contributed by atoms with Crippen molar-refractivity contribution in [3.05, 3.63) is 70.8 Å². The lowest BCUT2D eigenvalue weighted by Crippen LogP contribution is -2.18. The van der Waals surface area contributed by atoms with Crippen LogP contribution in [0.1, 0.15) is 32.0 Å². The lowest BCUT2D eigenvalue weighted by Gasteiger charge is -2.17. The van der Waals surface area contributed by atoms with Crippen molar-refractivity contribution in [2.24, 2.45) is 5.73 Å². The van der Waals surface area contributed by atoms with E-state index in [1.807, 2.05) is 0 Å². The quantitative estimate of drug-likeness (QED) is 0.454. The molecule has 1 heterocycles. The van der Waals surface area contributed by atoms with Crippen LogP contribution in [0.3, 0.4) is 0 Å². The molecular formula is C23H19F4N3O5. The highest BCUT2D eigenvalue weighted by Gasteiger charge is 2.31. The van der Waals surface area contributed by atoms with Crippen molar-refractivity contribution in [3.8, 4) is 23.0 Å². The van der Waals surface area contributed by atoms with Gasteiger partial charge in [0.15, 0.2) is 11.5 Å². The number of aromatic nitrogens is 1. The second kappa shape index (κ2) is 9.87. The average Bonchev–Trinajstić information content (AvgIpc) is 2.74. The maximum atomic E-state index is 14.9. The standard InChI is InChI=1S/C23H19F4N3O5/c1-11-6-14(24)20(22(32)30-15-9-16(21(28)31)29-10-12(15)2)19(7-11)34-17-5-4-13(8-18(17)33-3)35-23(25,26)27/h4-10H,1-3H3,(H2,28,31)(H,29,30,32). The number of amides is 2. The summed E-state index contributed by atoms with van der Waals surface area (Å²) in [4.78, 5) is 28.3. The molecule has 0 radical (unpaired) electrons. The van der Waals surface area contributed by atoms with Crippen LogP contribution >= 0.6 is 0 Å². The summed E-state index contributed by atoms with van der Waals surface area (Å²) in [6.45, 7) is 3.16. The van der Waals surface area contributed by atoms with E-state index in [-0.39, 0.29) is 28.6 Å². The van der Waals surface area contributed by atoms with Crippen LogP contribution in [-0.2, 0) is 0 Å². The Morgan fingerprint density at radius 3 is 2.37 bits per heavy atom. The number of nitrogens with zero attached hydrogens (tertiary/aromatic N) is 1. The summed E-state index contributed by atoms with van der Waals surface area (Å²) in [5.41, 5.74) is 5.65. The van der Waals surface area contributed by atoms with E-state index in [1.165, 1.54) is 25.4 Å². The predicted molar refractivity (Wildman–Crippen MR) is 116 cm³/mol. The Hall–Kier alpha value is -4.35. The normalized spacial score (nSPS) is 11.1. The molecule has 0 aliphatic carbocycles. The molecule has 8 nitrogen and oxygen atoms in total. The largest absolute Gasteiger partial charge is 0.573 e. The Morgan fingerprint density at radius 2 is 1.74 bits per heavy atom. The summed E-state index contributed by atoms with van der Waals surface area (Å²) in [7, 11) is 1.19. The zero-order chi connectivity index (χ0) is 25.9. The topological polar surface area (TPSA) is 113 Å². The molecular weight excluding hydrogens is 474 g/mol. The number of anilines is 1. The van der Waals surface area contributed by atoms with E-state index in [0.717, 1.165) is 24.3 Å². The van der Waals surface area contributed by atoms with Crippen LogP contribution in [0.2, 0.25) is 0 Å². The van der Waals surface area contributed by atoms with E-state index in [9.17, 15) is 27.2 Å². The Bertz CT molecular complexity index is 1290. The molecule has 0 fully saturated rings. The average molecular weight is 493 g/mol. The molecule has 0 saturated carbocycles. The third-order valence-corrected chi connectivity index (χ3v) is 4.62. The first kappa shape index (κ1) is 25.3. The Kier molecular flexibility index (Phi) is 7.13. The Balaban J connectivity index is 1.98. The van der Waals surface area contributed by atoms with Gasteiger partial charge in [-0.3, -0.25) is 14.6 Å². The van der Waals surface area contributed by atoms with Crippen LogP contribution in [-0.4, -0.2) is 30.3 Å². The van der Waals surface area contributed by atoms with Crippen molar-refractivity contribution >= 4 is 17.5 Å². The second-order valence-corrected chi connectivity index (χ2v) is 7.29. The SMILES string of the molecule is COc1cc(OC(F)(F)F)ccc1Oc1cc(C)cc(F)c1C(=O)Nc1cc(C(N)=O)ncc1C. The van der Waals surface area contributed by atoms with Crippen LogP contribution in [0, 0.1) is 19.7 Å². The number of pyridine rings is 1. The minimum atomic E-state index is -4.92. The molecule has 184 valence electrons. The number of primary amides is 1. The van der Waals surface area contributed by atoms with Gasteiger partial charge >= 0.3 is 6.36 Å². The van der Waals surface area contributed by atoms with Gasteiger partial charge in [-0.1, -0.05) is 0 Å². The zero-order valence-electron chi connectivity index (χ0n) is 18.6. The number of aryl methyl sites for hydroxylation is 2. The van der Waals surface area contributed by atoms with Gasteiger partial charge in [0.2, 0.25) is 0 Å². The molecule has 1 aromatic heterocycles. The molecule has 35 heavy (non-hydrogen) atoms. The van der Waals surface area contributed by atoms with E-state index in [4.69, 9.17) is 15.2 Å². The first-order valence-electron chi connectivity index (χ1n) is 9.87. The number of hydrogen-bond acceptors (Lipinski definition) is 6. The highest BCUT2D eigenvalue weighted by atomic mass is 19.4. The number of rotatable bonds is 7. The molecule has 3 rings (SSSR count). The minimum absolute atomic E-state index is 0.0998. The number of ether oxygens (including phenoxy) is 3. The lowest BCUT2D eigenvalue weighted by molar-refractivity contribution is -0.274. The number of hydrogen-bond donors (Lipinski definition) is 2. The van der Waals surface area contributed by atoms with Crippen molar-refractivity contribution in [2.75, 3.05) is 12.4 Å². The molecule has 0 spiro atoms.